The number of phenolic OH excluding ortho intramolecular Hbond substituents is 1. The summed E-state index contributed by atoms with van der Waals surface area (Å²) in [7, 11) is 0. The van der Waals surface area contributed by atoms with Crippen LogP contribution in [0.2, 0.25) is 0 Å². The fourth-order valence-electron chi connectivity index (χ4n) is 2.26. The van der Waals surface area contributed by atoms with Crippen molar-refractivity contribution in [3.8, 4) is 11.8 Å². The van der Waals surface area contributed by atoms with Gasteiger partial charge in [0.15, 0.2) is 0 Å². The molecule has 21 heavy (non-hydrogen) atoms. The summed E-state index contributed by atoms with van der Waals surface area (Å²) in [6.07, 6.45) is 4.11. The van der Waals surface area contributed by atoms with Crippen LogP contribution in [0.5, 0.6) is 5.75 Å². The summed E-state index contributed by atoms with van der Waals surface area (Å²) < 4.78 is 5.40. The lowest BCUT2D eigenvalue weighted by Crippen LogP contribution is -2.23. The highest BCUT2D eigenvalue weighted by Gasteiger charge is 2.10. The molecule has 1 N–H and O–H groups in total. The quantitative estimate of drug-likeness (QED) is 0.751. The van der Waals surface area contributed by atoms with Gasteiger partial charge in [0.1, 0.15) is 11.5 Å². The number of unbranched alkanes of at least 4 members (excludes halogenated alkanes) is 2. The van der Waals surface area contributed by atoms with E-state index in [2.05, 4.69) is 11.0 Å². The van der Waals surface area contributed by atoms with Gasteiger partial charge in [-0.25, -0.2) is 0 Å². The molecule has 110 valence electrons. The Morgan fingerprint density at radius 1 is 1.10 bits per heavy atom. The molecule has 0 unspecified atom stereocenters. The third-order valence-corrected chi connectivity index (χ3v) is 3.36. The molecular weight excluding hydrogens is 264 g/mol. The number of hydrogen-bond donors (Lipinski definition) is 1. The maximum absolute atomic E-state index is 9.90. The Bertz CT molecular complexity index is 573. The van der Waals surface area contributed by atoms with Crippen molar-refractivity contribution < 1.29 is 9.52 Å². The maximum atomic E-state index is 9.90. The van der Waals surface area contributed by atoms with Crippen molar-refractivity contribution in [2.45, 2.75) is 32.4 Å². The number of hydrogen-bond acceptors (Lipinski definition) is 4. The third-order valence-electron chi connectivity index (χ3n) is 3.36. The van der Waals surface area contributed by atoms with Crippen molar-refractivity contribution >= 4 is 0 Å². The predicted octanol–water partition coefficient (Wildman–Crippen LogP) is 3.68. The molecule has 0 fully saturated rings. The number of furan rings is 1. The molecule has 0 aliphatic rings. The number of nitrogens with zero attached hydrogens (tertiary/aromatic N) is 2. The summed E-state index contributed by atoms with van der Waals surface area (Å²) in [6, 6.07) is 13.4. The fraction of sp³-hybridized carbons (Fsp3) is 0.353. The second-order valence-corrected chi connectivity index (χ2v) is 5.03. The highest BCUT2D eigenvalue weighted by atomic mass is 16.3. The number of para-hydroxylation sites is 1. The van der Waals surface area contributed by atoms with Crippen LogP contribution in [-0.4, -0.2) is 16.6 Å². The summed E-state index contributed by atoms with van der Waals surface area (Å²) in [5.41, 5.74) is 0.907. The number of aromatic hydroxyl groups is 1. The normalized spacial score (nSPS) is 10.7. The van der Waals surface area contributed by atoms with Gasteiger partial charge in [-0.05, 0) is 37.6 Å². The van der Waals surface area contributed by atoms with Crippen LogP contribution in [0.4, 0.5) is 0 Å². The lowest BCUT2D eigenvalue weighted by molar-refractivity contribution is 0.228. The molecule has 0 saturated heterocycles. The molecule has 1 aromatic carbocycles. The Morgan fingerprint density at radius 2 is 1.95 bits per heavy atom. The van der Waals surface area contributed by atoms with E-state index in [-0.39, 0.29) is 0 Å². The van der Waals surface area contributed by atoms with Crippen molar-refractivity contribution in [3.63, 3.8) is 0 Å². The fourth-order valence-corrected chi connectivity index (χ4v) is 2.26. The lowest BCUT2D eigenvalue weighted by Gasteiger charge is -2.21. The van der Waals surface area contributed by atoms with Crippen molar-refractivity contribution in [1.29, 1.82) is 5.26 Å². The van der Waals surface area contributed by atoms with E-state index < -0.39 is 0 Å². The second kappa shape index (κ2) is 8.13. The van der Waals surface area contributed by atoms with E-state index in [9.17, 15) is 5.11 Å². The van der Waals surface area contributed by atoms with Gasteiger partial charge in [0.25, 0.3) is 0 Å². The lowest BCUT2D eigenvalue weighted by atomic mass is 10.1. The molecule has 0 atom stereocenters. The highest BCUT2D eigenvalue weighted by Crippen LogP contribution is 2.19. The first-order chi connectivity index (χ1) is 10.3. The van der Waals surface area contributed by atoms with Crippen LogP contribution in [0.25, 0.3) is 0 Å². The molecule has 0 spiro atoms. The Balaban J connectivity index is 1.97. The van der Waals surface area contributed by atoms with Crippen molar-refractivity contribution in [2.24, 2.45) is 0 Å². The molecule has 0 aliphatic heterocycles. The van der Waals surface area contributed by atoms with Gasteiger partial charge in [-0.2, -0.15) is 5.26 Å². The van der Waals surface area contributed by atoms with E-state index in [1.54, 1.807) is 12.3 Å². The van der Waals surface area contributed by atoms with Gasteiger partial charge in [0.05, 0.1) is 18.9 Å². The molecule has 0 aliphatic carbocycles. The molecule has 2 aromatic rings. The van der Waals surface area contributed by atoms with Gasteiger partial charge in [-0.1, -0.05) is 18.2 Å². The SMILES string of the molecule is N#CCCCCN(Cc1ccco1)Cc1ccccc1O. The molecule has 2 rings (SSSR count). The summed E-state index contributed by atoms with van der Waals surface area (Å²) >= 11 is 0. The Hall–Kier alpha value is -2.25. The summed E-state index contributed by atoms with van der Waals surface area (Å²) in [5, 5.41) is 18.5. The first-order valence-corrected chi connectivity index (χ1v) is 7.18. The largest absolute Gasteiger partial charge is 0.508 e. The minimum Gasteiger partial charge on any atom is -0.508 e. The monoisotopic (exact) mass is 284 g/mol. The van der Waals surface area contributed by atoms with Gasteiger partial charge in [-0.3, -0.25) is 4.90 Å². The van der Waals surface area contributed by atoms with Crippen LogP contribution in [-0.2, 0) is 13.1 Å². The van der Waals surface area contributed by atoms with Gasteiger partial charge < -0.3 is 9.52 Å². The minimum atomic E-state index is 0.318. The van der Waals surface area contributed by atoms with Crippen molar-refractivity contribution in [2.75, 3.05) is 6.54 Å². The Kier molecular flexibility index (Phi) is 5.86. The van der Waals surface area contributed by atoms with Crippen LogP contribution in [0.1, 0.15) is 30.6 Å². The molecule has 4 nitrogen and oxygen atoms in total. The minimum absolute atomic E-state index is 0.318. The summed E-state index contributed by atoms with van der Waals surface area (Å²) in [4.78, 5) is 2.23. The summed E-state index contributed by atoms with van der Waals surface area (Å²) in [6.45, 7) is 2.24. The van der Waals surface area contributed by atoms with Gasteiger partial charge in [0.2, 0.25) is 0 Å². The van der Waals surface area contributed by atoms with E-state index in [1.807, 2.05) is 30.3 Å². The molecule has 0 bridgehead atoms. The smallest absolute Gasteiger partial charge is 0.120 e. The topological polar surface area (TPSA) is 60.4 Å². The molecule has 0 saturated carbocycles. The zero-order chi connectivity index (χ0) is 14.9. The van der Waals surface area contributed by atoms with Crippen LogP contribution in [0, 0.1) is 11.3 Å². The molecular formula is C17H20N2O2. The second-order valence-electron chi connectivity index (χ2n) is 5.03. The zero-order valence-corrected chi connectivity index (χ0v) is 12.0. The predicted molar refractivity (Wildman–Crippen MR) is 80.4 cm³/mol. The van der Waals surface area contributed by atoms with E-state index in [1.165, 1.54) is 0 Å². The van der Waals surface area contributed by atoms with Crippen LogP contribution in [0.15, 0.2) is 47.1 Å². The van der Waals surface area contributed by atoms with Crippen LogP contribution >= 0.6 is 0 Å². The average molecular weight is 284 g/mol. The zero-order valence-electron chi connectivity index (χ0n) is 12.0. The first-order valence-electron chi connectivity index (χ1n) is 7.18. The summed E-state index contributed by atoms with van der Waals surface area (Å²) in [5.74, 6) is 1.23. The van der Waals surface area contributed by atoms with Gasteiger partial charge in [0, 0.05) is 18.5 Å². The maximum Gasteiger partial charge on any atom is 0.120 e. The van der Waals surface area contributed by atoms with E-state index in [0.29, 0.717) is 25.3 Å². The number of nitriles is 1. The van der Waals surface area contributed by atoms with Crippen molar-refractivity contribution in [3.05, 3.63) is 54.0 Å². The van der Waals surface area contributed by atoms with Crippen LogP contribution < -0.4 is 0 Å². The Morgan fingerprint density at radius 3 is 2.67 bits per heavy atom. The molecule has 4 heteroatoms. The molecule has 0 radical (unpaired) electrons. The molecule has 1 aromatic heterocycles. The van der Waals surface area contributed by atoms with Gasteiger partial charge >= 0.3 is 0 Å². The molecule has 0 amide bonds. The average Bonchev–Trinajstić information content (AvgIpc) is 2.99. The number of benzene rings is 1. The number of rotatable bonds is 8. The molecule has 1 heterocycles. The first kappa shape index (κ1) is 15.1. The standard InChI is InChI=1S/C17H20N2O2/c18-10-4-1-5-11-19(14-16-8-6-12-21-16)13-15-7-2-3-9-17(15)20/h2-3,6-9,12,20H,1,4-5,11,13-14H2. The third kappa shape index (κ3) is 4.97. The van der Waals surface area contributed by atoms with Crippen LogP contribution in [0.3, 0.4) is 0 Å². The Labute approximate surface area is 125 Å². The van der Waals surface area contributed by atoms with E-state index in [0.717, 1.165) is 30.7 Å². The van der Waals surface area contributed by atoms with E-state index in [4.69, 9.17) is 9.68 Å². The highest BCUT2D eigenvalue weighted by molar-refractivity contribution is 5.31. The van der Waals surface area contributed by atoms with E-state index >= 15 is 0 Å². The number of phenols is 1. The van der Waals surface area contributed by atoms with Gasteiger partial charge in [-0.15, -0.1) is 0 Å². The van der Waals surface area contributed by atoms with Crippen molar-refractivity contribution in [1.82, 2.24) is 4.90 Å².